The van der Waals surface area contributed by atoms with Gasteiger partial charge in [0.05, 0.1) is 5.01 Å². The first-order valence-corrected chi connectivity index (χ1v) is 6.78. The Bertz CT molecular complexity index is 450. The summed E-state index contributed by atoms with van der Waals surface area (Å²) < 4.78 is 0. The highest BCUT2D eigenvalue weighted by molar-refractivity contribution is 7.09. The summed E-state index contributed by atoms with van der Waals surface area (Å²) in [5, 5.41) is 6.62. The number of benzene rings is 1. The number of aromatic nitrogens is 1. The summed E-state index contributed by atoms with van der Waals surface area (Å²) in [7, 11) is 2.00. The van der Waals surface area contributed by atoms with Gasteiger partial charge in [-0.05, 0) is 19.5 Å². The molecule has 0 saturated carbocycles. The van der Waals surface area contributed by atoms with Crippen LogP contribution in [0.15, 0.2) is 35.7 Å². The Kier molecular flexibility index (Phi) is 4.29. The van der Waals surface area contributed by atoms with E-state index in [4.69, 9.17) is 0 Å². The van der Waals surface area contributed by atoms with Gasteiger partial charge in [-0.3, -0.25) is 0 Å². The molecule has 2 aromatic rings. The van der Waals surface area contributed by atoms with Crippen LogP contribution in [0.4, 0.5) is 0 Å². The number of nitrogens with one attached hydrogen (secondary N) is 1. The van der Waals surface area contributed by atoms with Gasteiger partial charge in [0, 0.05) is 30.0 Å². The summed E-state index contributed by atoms with van der Waals surface area (Å²) in [5.41, 5.74) is 2.51. The molecule has 0 bridgehead atoms. The number of thiazole rings is 1. The van der Waals surface area contributed by atoms with Crippen LogP contribution >= 0.6 is 11.3 Å². The molecule has 2 nitrogen and oxygen atoms in total. The summed E-state index contributed by atoms with van der Waals surface area (Å²) in [6.45, 7) is 3.04. The molecule has 0 aliphatic heterocycles. The second-order valence-corrected chi connectivity index (χ2v) is 5.19. The molecule has 0 spiro atoms. The lowest BCUT2D eigenvalue weighted by Crippen LogP contribution is -2.19. The van der Waals surface area contributed by atoms with E-state index in [0.717, 1.165) is 18.7 Å². The van der Waals surface area contributed by atoms with E-state index in [0.29, 0.717) is 5.92 Å². The summed E-state index contributed by atoms with van der Waals surface area (Å²) in [5.74, 6) is 0.506. The van der Waals surface area contributed by atoms with Crippen LogP contribution in [-0.4, -0.2) is 18.6 Å². The van der Waals surface area contributed by atoms with Gasteiger partial charge in [0.15, 0.2) is 0 Å². The fourth-order valence-electron chi connectivity index (χ4n) is 1.99. The third kappa shape index (κ3) is 3.38. The van der Waals surface area contributed by atoms with Crippen LogP contribution in [0.5, 0.6) is 0 Å². The lowest BCUT2D eigenvalue weighted by atomic mass is 9.96. The molecule has 0 saturated heterocycles. The summed E-state index contributed by atoms with van der Waals surface area (Å²) >= 11 is 1.76. The Morgan fingerprint density at radius 1 is 1.29 bits per heavy atom. The second-order valence-electron chi connectivity index (χ2n) is 4.25. The van der Waals surface area contributed by atoms with Crippen molar-refractivity contribution in [3.63, 3.8) is 0 Å². The van der Waals surface area contributed by atoms with E-state index in [1.165, 1.54) is 10.6 Å². The van der Waals surface area contributed by atoms with Crippen molar-refractivity contribution in [3.05, 3.63) is 52.0 Å². The van der Waals surface area contributed by atoms with Crippen molar-refractivity contribution in [2.24, 2.45) is 0 Å². The first-order valence-electron chi connectivity index (χ1n) is 5.90. The lowest BCUT2D eigenvalue weighted by Gasteiger charge is -2.15. The average Bonchev–Trinajstić information content (AvgIpc) is 2.75. The van der Waals surface area contributed by atoms with Gasteiger partial charge >= 0.3 is 0 Å². The van der Waals surface area contributed by atoms with Gasteiger partial charge in [-0.15, -0.1) is 11.3 Å². The van der Waals surface area contributed by atoms with E-state index in [2.05, 4.69) is 52.9 Å². The summed E-state index contributed by atoms with van der Waals surface area (Å²) in [6, 6.07) is 10.7. The van der Waals surface area contributed by atoms with Gasteiger partial charge in [0.2, 0.25) is 0 Å². The summed E-state index contributed by atoms with van der Waals surface area (Å²) in [6.07, 6.45) is 1.02. The molecular weight excluding hydrogens is 228 g/mol. The zero-order valence-electron chi connectivity index (χ0n) is 10.3. The third-order valence-corrected chi connectivity index (χ3v) is 3.80. The molecule has 0 aliphatic rings. The molecule has 0 aliphatic carbocycles. The molecule has 1 N–H and O–H groups in total. The standard InChI is InChI=1S/C14H18N2S/c1-11-10-17-14(16-11)8-13(9-15-2)12-6-4-3-5-7-12/h3-7,10,13,15H,8-9H2,1-2H3. The van der Waals surface area contributed by atoms with E-state index >= 15 is 0 Å². The molecule has 1 aromatic heterocycles. The van der Waals surface area contributed by atoms with Crippen LogP contribution < -0.4 is 5.32 Å². The van der Waals surface area contributed by atoms with Gasteiger partial charge in [-0.2, -0.15) is 0 Å². The maximum Gasteiger partial charge on any atom is 0.0934 e. The largest absolute Gasteiger partial charge is 0.319 e. The minimum atomic E-state index is 0.506. The van der Waals surface area contributed by atoms with E-state index in [1.807, 2.05) is 7.05 Å². The van der Waals surface area contributed by atoms with Gasteiger partial charge in [-0.1, -0.05) is 30.3 Å². The minimum Gasteiger partial charge on any atom is -0.319 e. The van der Waals surface area contributed by atoms with E-state index < -0.39 is 0 Å². The van der Waals surface area contributed by atoms with Crippen LogP contribution in [0.25, 0.3) is 0 Å². The van der Waals surface area contributed by atoms with Crippen molar-refractivity contribution in [2.75, 3.05) is 13.6 Å². The molecule has 0 fully saturated rings. The van der Waals surface area contributed by atoms with Crippen molar-refractivity contribution >= 4 is 11.3 Å². The molecular formula is C14H18N2S. The third-order valence-electron chi connectivity index (χ3n) is 2.81. The first kappa shape index (κ1) is 12.3. The van der Waals surface area contributed by atoms with E-state index in [1.54, 1.807) is 11.3 Å². The average molecular weight is 246 g/mol. The quantitative estimate of drug-likeness (QED) is 0.877. The molecule has 0 amide bonds. The molecule has 1 heterocycles. The highest BCUT2D eigenvalue weighted by Crippen LogP contribution is 2.22. The van der Waals surface area contributed by atoms with Crippen molar-refractivity contribution in [3.8, 4) is 0 Å². The van der Waals surface area contributed by atoms with Crippen molar-refractivity contribution in [1.29, 1.82) is 0 Å². The number of nitrogens with zero attached hydrogens (tertiary/aromatic N) is 1. The second kappa shape index (κ2) is 5.94. The monoisotopic (exact) mass is 246 g/mol. The molecule has 17 heavy (non-hydrogen) atoms. The first-order chi connectivity index (χ1) is 8.29. The van der Waals surface area contributed by atoms with Gasteiger partial charge in [0.1, 0.15) is 0 Å². The number of likely N-dealkylation sites (N-methyl/N-ethyl adjacent to an activating group) is 1. The van der Waals surface area contributed by atoms with Crippen molar-refractivity contribution in [1.82, 2.24) is 10.3 Å². The Morgan fingerprint density at radius 3 is 2.65 bits per heavy atom. The maximum atomic E-state index is 4.55. The van der Waals surface area contributed by atoms with Crippen LogP contribution in [0.3, 0.4) is 0 Å². The highest BCUT2D eigenvalue weighted by atomic mass is 32.1. The Morgan fingerprint density at radius 2 is 2.06 bits per heavy atom. The lowest BCUT2D eigenvalue weighted by molar-refractivity contribution is 0.623. The predicted molar refractivity (Wildman–Crippen MR) is 73.7 cm³/mol. The molecule has 1 atom stereocenters. The van der Waals surface area contributed by atoms with Gasteiger partial charge < -0.3 is 5.32 Å². The van der Waals surface area contributed by atoms with Crippen LogP contribution in [0.2, 0.25) is 0 Å². The number of hydrogen-bond acceptors (Lipinski definition) is 3. The Hall–Kier alpha value is -1.19. The fourth-order valence-corrected chi connectivity index (χ4v) is 2.84. The maximum absolute atomic E-state index is 4.55. The number of rotatable bonds is 5. The van der Waals surface area contributed by atoms with Gasteiger partial charge in [0.25, 0.3) is 0 Å². The van der Waals surface area contributed by atoms with E-state index in [9.17, 15) is 0 Å². The molecule has 1 unspecified atom stereocenters. The topological polar surface area (TPSA) is 24.9 Å². The predicted octanol–water partition coefficient (Wildman–Crippen LogP) is 3.00. The Labute approximate surface area is 107 Å². The zero-order valence-corrected chi connectivity index (χ0v) is 11.1. The smallest absolute Gasteiger partial charge is 0.0934 e. The minimum absolute atomic E-state index is 0.506. The molecule has 2 rings (SSSR count). The van der Waals surface area contributed by atoms with Crippen LogP contribution in [0, 0.1) is 6.92 Å². The van der Waals surface area contributed by atoms with Crippen LogP contribution in [0.1, 0.15) is 22.2 Å². The molecule has 0 radical (unpaired) electrons. The fraction of sp³-hybridized carbons (Fsp3) is 0.357. The molecule has 90 valence electrons. The molecule has 3 heteroatoms. The zero-order chi connectivity index (χ0) is 12.1. The Balaban J connectivity index is 2.13. The van der Waals surface area contributed by atoms with E-state index in [-0.39, 0.29) is 0 Å². The SMILES string of the molecule is CNCC(Cc1nc(C)cs1)c1ccccc1. The van der Waals surface area contributed by atoms with Crippen LogP contribution in [-0.2, 0) is 6.42 Å². The van der Waals surface area contributed by atoms with Crippen molar-refractivity contribution < 1.29 is 0 Å². The number of aryl methyl sites for hydroxylation is 1. The molecule has 1 aromatic carbocycles. The van der Waals surface area contributed by atoms with Gasteiger partial charge in [-0.25, -0.2) is 4.98 Å². The van der Waals surface area contributed by atoms with Crippen molar-refractivity contribution in [2.45, 2.75) is 19.3 Å². The highest BCUT2D eigenvalue weighted by Gasteiger charge is 2.13. The normalized spacial score (nSPS) is 12.6. The number of hydrogen-bond donors (Lipinski definition) is 1. The summed E-state index contributed by atoms with van der Waals surface area (Å²) in [4.78, 5) is 4.55.